The van der Waals surface area contributed by atoms with Gasteiger partial charge in [-0.15, -0.1) is 22.7 Å². The Morgan fingerprint density at radius 2 is 1.52 bits per heavy atom. The van der Waals surface area contributed by atoms with E-state index in [1.165, 1.54) is 38.5 Å². The van der Waals surface area contributed by atoms with Gasteiger partial charge in [-0.2, -0.15) is 0 Å². The van der Waals surface area contributed by atoms with E-state index in [9.17, 15) is 19.2 Å². The van der Waals surface area contributed by atoms with Crippen LogP contribution in [-0.4, -0.2) is 66.1 Å². The quantitative estimate of drug-likeness (QED) is 0.128. The second-order valence-electron chi connectivity index (χ2n) is 9.11. The first kappa shape index (κ1) is 30.7. The minimum Gasteiger partial charge on any atom is -0.493 e. The molecule has 222 valence electrons. The number of aromatic nitrogens is 1. The standard InChI is InChI=1S/C28H26FNO10S2/c1-13(28(35)36)8-17(32)23-10-15-21(42-23)12-19(38-3)27(30-15)40-7-6-39-26-18(37-2)11-20-14(25(26)29)9-22(41-20)16(31)4-5-24(33)34/h9-13H,4-8H2,1-3H3,(H,33,34)(H,35,36). The van der Waals surface area contributed by atoms with Crippen LogP contribution in [0.2, 0.25) is 0 Å². The van der Waals surface area contributed by atoms with Gasteiger partial charge in [0.1, 0.15) is 13.2 Å². The third kappa shape index (κ3) is 6.77. The maximum Gasteiger partial charge on any atom is 0.306 e. The van der Waals surface area contributed by atoms with Crippen LogP contribution in [0.25, 0.3) is 20.3 Å². The molecular weight excluding hydrogens is 593 g/mol. The zero-order valence-electron chi connectivity index (χ0n) is 22.7. The van der Waals surface area contributed by atoms with Crippen LogP contribution in [0.3, 0.4) is 0 Å². The first-order chi connectivity index (χ1) is 20.0. The molecule has 0 aliphatic heterocycles. The van der Waals surface area contributed by atoms with Crippen molar-refractivity contribution in [3.63, 3.8) is 0 Å². The van der Waals surface area contributed by atoms with Crippen molar-refractivity contribution in [1.29, 1.82) is 0 Å². The lowest BCUT2D eigenvalue weighted by molar-refractivity contribution is -0.141. The van der Waals surface area contributed by atoms with E-state index < -0.39 is 29.5 Å². The highest BCUT2D eigenvalue weighted by Crippen LogP contribution is 2.40. The number of carbonyl (C=O) groups is 4. The Morgan fingerprint density at radius 1 is 0.881 bits per heavy atom. The average Bonchev–Trinajstić information content (AvgIpc) is 3.58. The van der Waals surface area contributed by atoms with Crippen LogP contribution in [-0.2, 0) is 9.59 Å². The molecule has 1 atom stereocenters. The summed E-state index contributed by atoms with van der Waals surface area (Å²) in [4.78, 5) is 51.8. The lowest BCUT2D eigenvalue weighted by atomic mass is 10.0. The molecule has 0 radical (unpaired) electrons. The number of halogens is 1. The fourth-order valence-corrected chi connectivity index (χ4v) is 5.97. The van der Waals surface area contributed by atoms with Crippen molar-refractivity contribution in [3.8, 4) is 23.1 Å². The summed E-state index contributed by atoms with van der Waals surface area (Å²) in [5.74, 6) is -4.06. The van der Waals surface area contributed by atoms with E-state index in [-0.39, 0.29) is 65.9 Å². The number of pyridine rings is 1. The van der Waals surface area contributed by atoms with E-state index in [1.807, 2.05) is 0 Å². The lowest BCUT2D eigenvalue weighted by Gasteiger charge is -2.13. The minimum absolute atomic E-state index is 0.0654. The fourth-order valence-electron chi connectivity index (χ4n) is 3.93. The molecule has 0 bridgehead atoms. The van der Waals surface area contributed by atoms with Crippen molar-refractivity contribution >= 4 is 66.5 Å². The normalized spacial score (nSPS) is 11.8. The molecular formula is C28H26FNO10S2. The number of Topliss-reactive ketones (excluding diaryl/α,β-unsaturated/α-hetero) is 2. The van der Waals surface area contributed by atoms with Crippen LogP contribution < -0.4 is 18.9 Å². The second-order valence-corrected chi connectivity index (χ2v) is 11.3. The zero-order chi connectivity index (χ0) is 30.6. The summed E-state index contributed by atoms with van der Waals surface area (Å²) in [6.07, 6.45) is -0.658. The topological polar surface area (TPSA) is 159 Å². The monoisotopic (exact) mass is 619 g/mol. The number of carboxylic acid groups (broad SMARTS) is 2. The molecule has 1 aromatic carbocycles. The van der Waals surface area contributed by atoms with Crippen molar-refractivity contribution in [2.75, 3.05) is 27.4 Å². The molecule has 0 aliphatic rings. The van der Waals surface area contributed by atoms with Crippen molar-refractivity contribution in [1.82, 2.24) is 4.98 Å². The molecule has 1 unspecified atom stereocenters. The summed E-state index contributed by atoms with van der Waals surface area (Å²) in [6.45, 7) is 1.28. The number of hydrogen-bond donors (Lipinski definition) is 2. The Bertz CT molecular complexity index is 1680. The van der Waals surface area contributed by atoms with Crippen molar-refractivity contribution in [2.24, 2.45) is 5.92 Å². The fraction of sp³-hybridized carbons (Fsp3) is 0.321. The molecule has 3 heterocycles. The van der Waals surface area contributed by atoms with E-state index >= 15 is 4.39 Å². The summed E-state index contributed by atoms with van der Waals surface area (Å²) in [5, 5.41) is 18.0. The molecule has 0 amide bonds. The molecule has 42 heavy (non-hydrogen) atoms. The highest BCUT2D eigenvalue weighted by Gasteiger charge is 2.22. The zero-order valence-corrected chi connectivity index (χ0v) is 24.4. The predicted molar refractivity (Wildman–Crippen MR) is 152 cm³/mol. The summed E-state index contributed by atoms with van der Waals surface area (Å²) >= 11 is 2.21. The first-order valence-corrected chi connectivity index (χ1v) is 14.2. The van der Waals surface area contributed by atoms with Crippen molar-refractivity contribution < 1.29 is 52.7 Å². The summed E-state index contributed by atoms with van der Waals surface area (Å²) in [6, 6.07) is 6.13. The highest BCUT2D eigenvalue weighted by molar-refractivity contribution is 7.21. The van der Waals surface area contributed by atoms with Crippen LogP contribution in [0.4, 0.5) is 4.39 Å². The molecule has 4 aromatic rings. The Labute approximate surface area is 246 Å². The average molecular weight is 620 g/mol. The molecule has 0 spiro atoms. The smallest absolute Gasteiger partial charge is 0.306 e. The SMILES string of the molecule is COc1cc2sc(C(=O)CC(C)C(=O)O)cc2nc1OCCOc1c(OC)cc2sc(C(=O)CCC(=O)O)cc2c1F. The number of hydrogen-bond acceptors (Lipinski definition) is 11. The third-order valence-electron chi connectivity index (χ3n) is 6.15. The Hall–Kier alpha value is -4.30. The second kappa shape index (κ2) is 13.1. The van der Waals surface area contributed by atoms with Gasteiger partial charge in [0.25, 0.3) is 5.88 Å². The van der Waals surface area contributed by atoms with E-state index in [0.717, 1.165) is 11.3 Å². The number of ketones is 2. The number of nitrogens with zero attached hydrogens (tertiary/aromatic N) is 1. The molecule has 0 saturated carbocycles. The van der Waals surface area contributed by atoms with Gasteiger partial charge in [0.15, 0.2) is 34.6 Å². The Balaban J connectivity index is 1.46. The maximum absolute atomic E-state index is 15.4. The van der Waals surface area contributed by atoms with Gasteiger partial charge < -0.3 is 29.2 Å². The number of methoxy groups -OCH3 is 2. The maximum atomic E-state index is 15.4. The van der Waals surface area contributed by atoms with E-state index in [1.54, 1.807) is 18.2 Å². The Morgan fingerprint density at radius 3 is 2.19 bits per heavy atom. The Kier molecular flexibility index (Phi) is 9.58. The van der Waals surface area contributed by atoms with Gasteiger partial charge in [-0.05, 0) is 12.1 Å². The number of benzene rings is 1. The molecule has 11 nitrogen and oxygen atoms in total. The van der Waals surface area contributed by atoms with Crippen LogP contribution >= 0.6 is 22.7 Å². The number of aliphatic carboxylic acids is 2. The van der Waals surface area contributed by atoms with Gasteiger partial charge in [-0.25, -0.2) is 9.37 Å². The van der Waals surface area contributed by atoms with Gasteiger partial charge in [0, 0.05) is 35.1 Å². The van der Waals surface area contributed by atoms with E-state index in [2.05, 4.69) is 4.98 Å². The van der Waals surface area contributed by atoms with Gasteiger partial charge in [-0.1, -0.05) is 6.92 Å². The van der Waals surface area contributed by atoms with Crippen LogP contribution in [0.5, 0.6) is 23.1 Å². The van der Waals surface area contributed by atoms with E-state index in [4.69, 9.17) is 29.2 Å². The number of carbonyl (C=O) groups excluding carboxylic acids is 2. The van der Waals surface area contributed by atoms with Crippen LogP contribution in [0.15, 0.2) is 24.3 Å². The summed E-state index contributed by atoms with van der Waals surface area (Å²) in [5.41, 5.74) is 0.465. The van der Waals surface area contributed by atoms with Gasteiger partial charge in [0.2, 0.25) is 0 Å². The van der Waals surface area contributed by atoms with Crippen LogP contribution in [0, 0.1) is 11.7 Å². The first-order valence-electron chi connectivity index (χ1n) is 12.6. The number of fused-ring (bicyclic) bond motifs is 2. The number of carboxylic acids is 2. The third-order valence-corrected chi connectivity index (χ3v) is 8.39. The minimum atomic E-state index is -1.10. The largest absolute Gasteiger partial charge is 0.493 e. The molecule has 4 rings (SSSR count). The van der Waals surface area contributed by atoms with Crippen LogP contribution in [0.1, 0.15) is 45.5 Å². The molecule has 3 aromatic heterocycles. The van der Waals surface area contributed by atoms with Gasteiger partial charge in [0.05, 0.1) is 46.5 Å². The van der Waals surface area contributed by atoms with Gasteiger partial charge in [-0.3, -0.25) is 19.2 Å². The molecule has 0 aliphatic carbocycles. The highest BCUT2D eigenvalue weighted by atomic mass is 32.1. The van der Waals surface area contributed by atoms with Crippen molar-refractivity contribution in [2.45, 2.75) is 26.2 Å². The number of ether oxygens (including phenoxy) is 4. The molecule has 14 heteroatoms. The number of rotatable bonds is 15. The summed E-state index contributed by atoms with van der Waals surface area (Å²) in [7, 11) is 2.78. The molecule has 0 fully saturated rings. The predicted octanol–water partition coefficient (Wildman–Crippen LogP) is 5.47. The van der Waals surface area contributed by atoms with Crippen molar-refractivity contribution in [3.05, 3.63) is 39.8 Å². The molecule has 2 N–H and O–H groups in total. The molecule has 0 saturated heterocycles. The van der Waals surface area contributed by atoms with Gasteiger partial charge >= 0.3 is 11.9 Å². The van der Waals surface area contributed by atoms with E-state index in [0.29, 0.717) is 25.5 Å². The summed E-state index contributed by atoms with van der Waals surface area (Å²) < 4.78 is 38.5. The number of thiophene rings is 2. The lowest BCUT2D eigenvalue weighted by Crippen LogP contribution is -2.14.